The number of nitrogen functional groups attached to an aromatic ring is 1. The fourth-order valence-electron chi connectivity index (χ4n) is 2.36. The summed E-state index contributed by atoms with van der Waals surface area (Å²) in [4.78, 5) is 2.44. The van der Waals surface area contributed by atoms with Crippen molar-refractivity contribution in [3.05, 3.63) is 4.88 Å². The van der Waals surface area contributed by atoms with Crippen molar-refractivity contribution in [2.45, 2.75) is 18.7 Å². The van der Waals surface area contributed by atoms with Crippen molar-refractivity contribution >= 4 is 31.9 Å². The summed E-state index contributed by atoms with van der Waals surface area (Å²) in [7, 11) is -3.43. The average Bonchev–Trinajstić information content (AvgIpc) is 2.79. The highest BCUT2D eigenvalue weighted by Gasteiger charge is 2.33. The molecule has 1 saturated heterocycles. The van der Waals surface area contributed by atoms with E-state index in [-0.39, 0.29) is 15.5 Å². The molecular formula is C12H17N3O2S2. The maximum atomic E-state index is 11.9. The first-order valence-corrected chi connectivity index (χ1v) is 8.73. The predicted octanol–water partition coefficient (Wildman–Crippen LogP) is 1.70. The van der Waals surface area contributed by atoms with Gasteiger partial charge in [-0.05, 0) is 11.8 Å². The lowest BCUT2D eigenvalue weighted by atomic mass is 10.0. The van der Waals surface area contributed by atoms with Gasteiger partial charge in [-0.2, -0.15) is 5.26 Å². The number of hydrogen-bond donors (Lipinski definition) is 1. The van der Waals surface area contributed by atoms with E-state index in [1.165, 1.54) is 11.3 Å². The van der Waals surface area contributed by atoms with Crippen LogP contribution < -0.4 is 10.6 Å². The lowest BCUT2D eigenvalue weighted by Crippen LogP contribution is -2.20. The molecule has 19 heavy (non-hydrogen) atoms. The van der Waals surface area contributed by atoms with E-state index in [2.05, 4.69) is 13.8 Å². The summed E-state index contributed by atoms with van der Waals surface area (Å²) in [6.45, 7) is 5.89. The summed E-state index contributed by atoms with van der Waals surface area (Å²) in [6.07, 6.45) is 1.14. The number of thiophene rings is 1. The Morgan fingerprint density at radius 2 is 1.89 bits per heavy atom. The fourth-order valence-corrected chi connectivity index (χ4v) is 4.88. The van der Waals surface area contributed by atoms with Gasteiger partial charge < -0.3 is 10.6 Å². The highest BCUT2D eigenvalue weighted by atomic mass is 32.2. The topological polar surface area (TPSA) is 87.2 Å². The molecule has 7 heteroatoms. The van der Waals surface area contributed by atoms with Crippen LogP contribution in [0.25, 0.3) is 0 Å². The highest BCUT2D eigenvalue weighted by Crippen LogP contribution is 2.43. The number of sulfone groups is 1. The first-order chi connectivity index (χ1) is 8.75. The molecule has 1 fully saturated rings. The molecule has 1 aromatic heterocycles. The third-order valence-corrected chi connectivity index (χ3v) is 6.08. The van der Waals surface area contributed by atoms with Gasteiger partial charge in [0.15, 0.2) is 9.84 Å². The zero-order chi connectivity index (χ0) is 14.4. The molecule has 5 nitrogen and oxygen atoms in total. The minimum absolute atomic E-state index is 0.0946. The Morgan fingerprint density at radius 1 is 1.37 bits per heavy atom. The summed E-state index contributed by atoms with van der Waals surface area (Å²) in [6, 6.07) is 1.98. The van der Waals surface area contributed by atoms with Gasteiger partial charge in [-0.3, -0.25) is 0 Å². The number of rotatable bonds is 2. The molecule has 104 valence electrons. The Hall–Kier alpha value is -1.26. The van der Waals surface area contributed by atoms with Gasteiger partial charge in [-0.15, -0.1) is 11.3 Å². The Morgan fingerprint density at radius 3 is 2.32 bits per heavy atom. The molecule has 2 rings (SSSR count). The van der Waals surface area contributed by atoms with E-state index in [0.29, 0.717) is 16.8 Å². The molecule has 2 unspecified atom stereocenters. The molecule has 0 saturated carbocycles. The van der Waals surface area contributed by atoms with Crippen LogP contribution >= 0.6 is 11.3 Å². The van der Waals surface area contributed by atoms with Crippen molar-refractivity contribution in [3.8, 4) is 6.07 Å². The zero-order valence-electron chi connectivity index (χ0n) is 11.2. The van der Waals surface area contributed by atoms with Crippen LogP contribution in [0.4, 0.5) is 10.7 Å². The molecular weight excluding hydrogens is 282 g/mol. The Kier molecular flexibility index (Phi) is 3.49. The van der Waals surface area contributed by atoms with Gasteiger partial charge in [0.1, 0.15) is 20.8 Å². The second-order valence-electron chi connectivity index (χ2n) is 5.22. The molecule has 1 aliphatic heterocycles. The lowest BCUT2D eigenvalue weighted by molar-refractivity contribution is 0.494. The molecule has 2 atom stereocenters. The zero-order valence-corrected chi connectivity index (χ0v) is 12.8. The minimum atomic E-state index is -3.43. The summed E-state index contributed by atoms with van der Waals surface area (Å²) in [5.41, 5.74) is 5.91. The van der Waals surface area contributed by atoms with Crippen LogP contribution in [0.2, 0.25) is 0 Å². The molecule has 2 heterocycles. The quantitative estimate of drug-likeness (QED) is 0.898. The van der Waals surface area contributed by atoms with E-state index in [1.54, 1.807) is 0 Å². The predicted molar refractivity (Wildman–Crippen MR) is 77.1 cm³/mol. The third kappa shape index (κ3) is 2.42. The molecule has 0 aromatic carbocycles. The number of hydrogen-bond acceptors (Lipinski definition) is 6. The van der Waals surface area contributed by atoms with Gasteiger partial charge in [0.05, 0.1) is 5.69 Å². The standard InChI is InChI=1S/C12H17N3O2S2/c1-7-5-15(6-8(7)2)12-11(19(3,16)17)10(14)9(4-13)18-12/h7-8H,5-6,14H2,1-3H3. The maximum Gasteiger partial charge on any atom is 0.180 e. The summed E-state index contributed by atoms with van der Waals surface area (Å²) >= 11 is 1.17. The second-order valence-corrected chi connectivity index (χ2v) is 8.17. The monoisotopic (exact) mass is 299 g/mol. The first-order valence-electron chi connectivity index (χ1n) is 6.03. The summed E-state index contributed by atoms with van der Waals surface area (Å²) in [5.74, 6) is 1.00. The highest BCUT2D eigenvalue weighted by molar-refractivity contribution is 7.91. The number of nitriles is 1. The van der Waals surface area contributed by atoms with Crippen molar-refractivity contribution < 1.29 is 8.42 Å². The normalized spacial score (nSPS) is 23.6. The summed E-state index contributed by atoms with van der Waals surface area (Å²) in [5, 5.41) is 9.65. The van der Waals surface area contributed by atoms with E-state index >= 15 is 0 Å². The van der Waals surface area contributed by atoms with Crippen molar-refractivity contribution in [3.63, 3.8) is 0 Å². The van der Waals surface area contributed by atoms with Crippen LogP contribution in [0.5, 0.6) is 0 Å². The average molecular weight is 299 g/mol. The lowest BCUT2D eigenvalue weighted by Gasteiger charge is -2.17. The van der Waals surface area contributed by atoms with E-state index in [4.69, 9.17) is 11.0 Å². The number of nitrogens with two attached hydrogens (primary N) is 1. The van der Waals surface area contributed by atoms with Gasteiger partial charge in [0.2, 0.25) is 0 Å². The molecule has 1 aromatic rings. The largest absolute Gasteiger partial charge is 0.396 e. The van der Waals surface area contributed by atoms with Gasteiger partial charge in [0, 0.05) is 19.3 Å². The molecule has 0 aliphatic carbocycles. The van der Waals surface area contributed by atoms with Crippen LogP contribution in [0, 0.1) is 23.2 Å². The Balaban J connectivity index is 2.56. The smallest absolute Gasteiger partial charge is 0.180 e. The summed E-state index contributed by atoms with van der Waals surface area (Å²) < 4.78 is 23.8. The Labute approximate surface area is 117 Å². The van der Waals surface area contributed by atoms with Crippen LogP contribution in [-0.4, -0.2) is 27.8 Å². The van der Waals surface area contributed by atoms with Crippen molar-refractivity contribution in [2.24, 2.45) is 11.8 Å². The SMILES string of the molecule is CC1CN(c2sc(C#N)c(N)c2S(C)(=O)=O)CC1C. The Bertz CT molecular complexity index is 633. The van der Waals surface area contributed by atoms with Crippen LogP contribution in [0.3, 0.4) is 0 Å². The molecule has 0 spiro atoms. The molecule has 0 amide bonds. The van der Waals surface area contributed by atoms with Gasteiger partial charge >= 0.3 is 0 Å². The molecule has 0 bridgehead atoms. The third-order valence-electron chi connectivity index (χ3n) is 3.63. The van der Waals surface area contributed by atoms with Crippen molar-refractivity contribution in [1.29, 1.82) is 5.26 Å². The minimum Gasteiger partial charge on any atom is -0.396 e. The molecule has 1 aliphatic rings. The number of anilines is 2. The van der Waals surface area contributed by atoms with Crippen LogP contribution in [-0.2, 0) is 9.84 Å². The number of nitrogens with zero attached hydrogens (tertiary/aromatic N) is 2. The van der Waals surface area contributed by atoms with Crippen LogP contribution in [0.15, 0.2) is 4.90 Å². The van der Waals surface area contributed by atoms with Gasteiger partial charge in [-0.25, -0.2) is 8.42 Å². The van der Waals surface area contributed by atoms with Crippen molar-refractivity contribution in [2.75, 3.05) is 30.0 Å². The van der Waals surface area contributed by atoms with Crippen molar-refractivity contribution in [1.82, 2.24) is 0 Å². The van der Waals surface area contributed by atoms with E-state index in [1.807, 2.05) is 11.0 Å². The first kappa shape index (κ1) is 14.2. The van der Waals surface area contributed by atoms with Crippen LogP contribution in [0.1, 0.15) is 18.7 Å². The molecule has 2 N–H and O–H groups in total. The molecule has 0 radical (unpaired) electrons. The van der Waals surface area contributed by atoms with E-state index in [9.17, 15) is 8.42 Å². The van der Waals surface area contributed by atoms with Gasteiger partial charge in [-0.1, -0.05) is 13.8 Å². The van der Waals surface area contributed by atoms with Gasteiger partial charge in [0.25, 0.3) is 0 Å². The van der Waals surface area contributed by atoms with E-state index in [0.717, 1.165) is 19.3 Å². The van der Waals surface area contributed by atoms with E-state index < -0.39 is 9.84 Å². The fraction of sp³-hybridized carbons (Fsp3) is 0.583. The second kappa shape index (κ2) is 4.69. The maximum absolute atomic E-state index is 11.9.